The van der Waals surface area contributed by atoms with Crippen molar-refractivity contribution in [2.75, 3.05) is 5.32 Å². The number of carbonyl (C=O) groups excluding carboxylic acids is 1. The average molecular weight is 339 g/mol. The molecule has 0 unspecified atom stereocenters. The number of benzene rings is 1. The van der Waals surface area contributed by atoms with Crippen molar-refractivity contribution in [3.8, 4) is 11.4 Å². The third-order valence-corrected chi connectivity index (χ3v) is 2.58. The van der Waals surface area contributed by atoms with Crippen LogP contribution in [0.4, 0.5) is 32.0 Å². The summed E-state index contributed by atoms with van der Waals surface area (Å²) < 4.78 is 78.8. The van der Waals surface area contributed by atoms with Gasteiger partial charge in [-0.2, -0.15) is 22.5 Å². The molecule has 1 aromatic heterocycles. The molecule has 1 aromatic carbocycles. The van der Waals surface area contributed by atoms with E-state index in [9.17, 15) is 31.1 Å². The van der Waals surface area contributed by atoms with Gasteiger partial charge in [-0.1, -0.05) is 17.3 Å². The van der Waals surface area contributed by atoms with Gasteiger partial charge in [0.25, 0.3) is 5.89 Å². The lowest BCUT2D eigenvalue weighted by Gasteiger charge is -2.14. The molecule has 2 rings (SSSR count). The summed E-state index contributed by atoms with van der Waals surface area (Å²) in [5, 5.41) is 4.86. The maximum Gasteiger partial charge on any atom is 0.383 e. The van der Waals surface area contributed by atoms with Crippen molar-refractivity contribution >= 4 is 11.6 Å². The van der Waals surface area contributed by atoms with Crippen molar-refractivity contribution in [1.82, 2.24) is 10.1 Å². The predicted molar refractivity (Wildman–Crippen MR) is 64.3 cm³/mol. The normalized spacial score (nSPS) is 12.0. The highest BCUT2D eigenvalue weighted by Gasteiger charge is 2.48. The Morgan fingerprint density at radius 2 is 1.91 bits per heavy atom. The Kier molecular flexibility index (Phi) is 4.57. The third-order valence-electron chi connectivity index (χ3n) is 2.58. The minimum Gasteiger partial charge on any atom is -0.333 e. The van der Waals surface area contributed by atoms with Gasteiger partial charge < -0.3 is 9.84 Å². The molecule has 2 aromatic rings. The number of amides is 1. The van der Waals surface area contributed by atoms with E-state index in [1.807, 2.05) is 0 Å². The highest BCUT2D eigenvalue weighted by molar-refractivity contribution is 5.96. The van der Waals surface area contributed by atoms with Crippen LogP contribution in [0.3, 0.4) is 0 Å². The first-order valence-electron chi connectivity index (χ1n) is 5.91. The molecule has 124 valence electrons. The number of hydrogen-bond acceptors (Lipinski definition) is 4. The second-order valence-electron chi connectivity index (χ2n) is 4.22. The van der Waals surface area contributed by atoms with Gasteiger partial charge in [0.1, 0.15) is 0 Å². The number of nitrogens with one attached hydrogen (secondary N) is 1. The summed E-state index contributed by atoms with van der Waals surface area (Å²) in [5.41, 5.74) is -0.213. The number of carbonyl (C=O) groups is 1. The summed E-state index contributed by atoms with van der Waals surface area (Å²) >= 11 is 0. The number of aromatic nitrogens is 2. The van der Waals surface area contributed by atoms with Gasteiger partial charge in [0.2, 0.25) is 5.82 Å². The van der Waals surface area contributed by atoms with Crippen LogP contribution in [0.15, 0.2) is 28.8 Å². The van der Waals surface area contributed by atoms with Gasteiger partial charge in [-0.15, -0.1) is 0 Å². The molecule has 0 saturated heterocycles. The third kappa shape index (κ3) is 3.60. The largest absolute Gasteiger partial charge is 0.383 e. The van der Waals surface area contributed by atoms with E-state index in [0.717, 1.165) is 12.1 Å². The maximum absolute atomic E-state index is 12.9. The molecule has 0 atom stereocenters. The van der Waals surface area contributed by atoms with Crippen LogP contribution in [0, 0.1) is 0 Å². The fourth-order valence-electron chi connectivity index (χ4n) is 1.49. The zero-order valence-corrected chi connectivity index (χ0v) is 10.9. The van der Waals surface area contributed by atoms with E-state index >= 15 is 0 Å². The van der Waals surface area contributed by atoms with Crippen molar-refractivity contribution in [2.45, 2.75) is 18.8 Å². The summed E-state index contributed by atoms with van der Waals surface area (Å²) in [6, 6.07) is 4.75. The molecule has 0 saturated carbocycles. The van der Waals surface area contributed by atoms with E-state index in [1.165, 1.54) is 12.1 Å². The van der Waals surface area contributed by atoms with Gasteiger partial charge in [-0.05, 0) is 12.1 Å². The van der Waals surface area contributed by atoms with Crippen molar-refractivity contribution in [1.29, 1.82) is 0 Å². The standard InChI is InChI=1S/C12H7F6N3O2/c13-7(14)9-20-8(21-23-9)5-2-1-3-6(4-5)19-11(22)12(17,18)10(15)16/h1-4,7,10H,(H,19,22). The fraction of sp³-hybridized carbons (Fsp3) is 0.250. The van der Waals surface area contributed by atoms with Crippen molar-refractivity contribution in [3.05, 3.63) is 30.2 Å². The molecular weight excluding hydrogens is 332 g/mol. The summed E-state index contributed by atoms with van der Waals surface area (Å²) in [4.78, 5) is 14.5. The molecule has 0 aliphatic rings. The van der Waals surface area contributed by atoms with E-state index in [0.29, 0.717) is 0 Å². The number of alkyl halides is 6. The van der Waals surface area contributed by atoms with E-state index in [-0.39, 0.29) is 17.1 Å². The number of nitrogens with zero attached hydrogens (tertiary/aromatic N) is 2. The molecule has 1 amide bonds. The molecule has 1 heterocycles. The van der Waals surface area contributed by atoms with E-state index < -0.39 is 30.6 Å². The van der Waals surface area contributed by atoms with Gasteiger partial charge in [-0.3, -0.25) is 4.79 Å². The first kappa shape index (κ1) is 16.8. The minimum atomic E-state index is -4.87. The van der Waals surface area contributed by atoms with Crippen LogP contribution < -0.4 is 5.32 Å². The van der Waals surface area contributed by atoms with Crippen LogP contribution >= 0.6 is 0 Å². The van der Waals surface area contributed by atoms with E-state index in [2.05, 4.69) is 14.7 Å². The van der Waals surface area contributed by atoms with Crippen molar-refractivity contribution in [3.63, 3.8) is 0 Å². The molecular formula is C12H7F6N3O2. The van der Waals surface area contributed by atoms with Gasteiger partial charge >= 0.3 is 24.7 Å². The van der Waals surface area contributed by atoms with E-state index in [4.69, 9.17) is 0 Å². The van der Waals surface area contributed by atoms with Gasteiger partial charge in [-0.25, -0.2) is 8.78 Å². The quantitative estimate of drug-likeness (QED) is 0.847. The number of anilines is 1. The second-order valence-corrected chi connectivity index (χ2v) is 4.22. The van der Waals surface area contributed by atoms with Crippen LogP contribution in [-0.2, 0) is 4.79 Å². The Labute approximate surface area is 124 Å². The Morgan fingerprint density at radius 1 is 1.22 bits per heavy atom. The minimum absolute atomic E-state index is 0.0545. The van der Waals surface area contributed by atoms with Crippen LogP contribution in [0.5, 0.6) is 0 Å². The zero-order chi connectivity index (χ0) is 17.2. The second kappa shape index (κ2) is 6.26. The Morgan fingerprint density at radius 3 is 2.48 bits per heavy atom. The monoisotopic (exact) mass is 339 g/mol. The highest BCUT2D eigenvalue weighted by Crippen LogP contribution is 2.27. The molecule has 0 radical (unpaired) electrons. The first-order chi connectivity index (χ1) is 10.7. The van der Waals surface area contributed by atoms with Gasteiger partial charge in [0, 0.05) is 11.3 Å². The Bertz CT molecular complexity index is 704. The molecule has 11 heteroatoms. The Hall–Kier alpha value is -2.59. The summed E-state index contributed by atoms with van der Waals surface area (Å²) in [6.07, 6.45) is -7.17. The number of rotatable bonds is 5. The van der Waals surface area contributed by atoms with E-state index in [1.54, 1.807) is 5.32 Å². The lowest BCUT2D eigenvalue weighted by Crippen LogP contribution is -2.40. The molecule has 23 heavy (non-hydrogen) atoms. The molecule has 0 aliphatic carbocycles. The molecule has 0 fully saturated rings. The zero-order valence-electron chi connectivity index (χ0n) is 10.9. The topological polar surface area (TPSA) is 68.0 Å². The molecule has 1 N–H and O–H groups in total. The molecule has 0 spiro atoms. The fourth-order valence-corrected chi connectivity index (χ4v) is 1.49. The summed E-state index contributed by atoms with van der Waals surface area (Å²) in [7, 11) is 0. The Balaban J connectivity index is 2.21. The van der Waals surface area contributed by atoms with Crippen LogP contribution in [-0.4, -0.2) is 28.4 Å². The average Bonchev–Trinajstić information content (AvgIpc) is 2.97. The number of hydrogen-bond donors (Lipinski definition) is 1. The van der Waals surface area contributed by atoms with Crippen LogP contribution in [0.1, 0.15) is 12.3 Å². The van der Waals surface area contributed by atoms with Gasteiger partial charge in [0.05, 0.1) is 0 Å². The SMILES string of the molecule is O=C(Nc1cccc(-c2noc(C(F)F)n2)c1)C(F)(F)C(F)F. The smallest absolute Gasteiger partial charge is 0.333 e. The lowest BCUT2D eigenvalue weighted by molar-refractivity contribution is -0.163. The first-order valence-corrected chi connectivity index (χ1v) is 5.91. The highest BCUT2D eigenvalue weighted by atomic mass is 19.3. The number of halogens is 6. The molecule has 5 nitrogen and oxygen atoms in total. The molecule has 0 bridgehead atoms. The van der Waals surface area contributed by atoms with Gasteiger partial charge in [0.15, 0.2) is 0 Å². The van der Waals surface area contributed by atoms with Crippen LogP contribution in [0.25, 0.3) is 11.4 Å². The van der Waals surface area contributed by atoms with Crippen molar-refractivity contribution < 1.29 is 35.7 Å². The summed E-state index contributed by atoms with van der Waals surface area (Å²) in [6.45, 7) is 0. The molecule has 0 aliphatic heterocycles. The predicted octanol–water partition coefficient (Wildman–Crippen LogP) is 3.51. The lowest BCUT2D eigenvalue weighted by atomic mass is 10.2. The van der Waals surface area contributed by atoms with Crippen LogP contribution in [0.2, 0.25) is 0 Å². The van der Waals surface area contributed by atoms with Crippen molar-refractivity contribution in [2.24, 2.45) is 0 Å². The maximum atomic E-state index is 12.9. The summed E-state index contributed by atoms with van der Waals surface area (Å²) in [5.74, 6) is -8.30.